The fourth-order valence-electron chi connectivity index (χ4n) is 3.70. The molecule has 2 heterocycles. The van der Waals surface area contributed by atoms with E-state index in [1.807, 2.05) is 30.9 Å². The molecule has 1 aromatic heterocycles. The van der Waals surface area contributed by atoms with E-state index >= 15 is 0 Å². The van der Waals surface area contributed by atoms with Crippen molar-refractivity contribution in [2.45, 2.75) is 50.6 Å². The average Bonchev–Trinajstić information content (AvgIpc) is 3.22. The number of furan rings is 1. The SMILES string of the molecule is Cc1ccc(S(=O)(=O)NCCC(=O)N(Cc2ccco2)C2CCN(C)CC2)cc1C. The van der Waals surface area contributed by atoms with Crippen LogP contribution in [0.3, 0.4) is 0 Å². The molecule has 1 saturated heterocycles. The molecule has 0 bridgehead atoms. The zero-order valence-corrected chi connectivity index (χ0v) is 18.7. The van der Waals surface area contributed by atoms with Gasteiger partial charge >= 0.3 is 0 Å². The number of hydrogen-bond acceptors (Lipinski definition) is 5. The van der Waals surface area contributed by atoms with Crippen LogP contribution in [0.1, 0.15) is 36.1 Å². The van der Waals surface area contributed by atoms with Crippen LogP contribution in [-0.2, 0) is 21.4 Å². The minimum absolute atomic E-state index is 0.0648. The van der Waals surface area contributed by atoms with Crippen molar-refractivity contribution in [2.24, 2.45) is 0 Å². The Morgan fingerprint density at radius 1 is 1.20 bits per heavy atom. The van der Waals surface area contributed by atoms with Crippen molar-refractivity contribution in [1.82, 2.24) is 14.5 Å². The van der Waals surface area contributed by atoms with Crippen molar-refractivity contribution in [3.8, 4) is 0 Å². The molecule has 30 heavy (non-hydrogen) atoms. The van der Waals surface area contributed by atoms with Crippen LogP contribution < -0.4 is 4.72 Å². The summed E-state index contributed by atoms with van der Waals surface area (Å²) in [4.78, 5) is 17.3. The van der Waals surface area contributed by atoms with Gasteiger partial charge in [0.2, 0.25) is 15.9 Å². The highest BCUT2D eigenvalue weighted by molar-refractivity contribution is 7.89. The minimum Gasteiger partial charge on any atom is -0.467 e. The number of hydrogen-bond donors (Lipinski definition) is 1. The molecule has 1 aliphatic heterocycles. The number of benzene rings is 1. The first-order valence-corrected chi connectivity index (χ1v) is 11.8. The molecule has 1 aliphatic rings. The molecule has 0 saturated carbocycles. The minimum atomic E-state index is -3.65. The monoisotopic (exact) mass is 433 g/mol. The van der Waals surface area contributed by atoms with E-state index in [2.05, 4.69) is 16.7 Å². The topological polar surface area (TPSA) is 82.9 Å². The van der Waals surface area contributed by atoms with Gasteiger partial charge in [0.1, 0.15) is 5.76 Å². The van der Waals surface area contributed by atoms with Crippen molar-refractivity contribution in [2.75, 3.05) is 26.7 Å². The normalized spacial score (nSPS) is 16.0. The van der Waals surface area contributed by atoms with Gasteiger partial charge in [-0.05, 0) is 82.2 Å². The molecule has 0 spiro atoms. The highest BCUT2D eigenvalue weighted by Crippen LogP contribution is 2.20. The fraction of sp³-hybridized carbons (Fsp3) is 0.500. The second kappa shape index (κ2) is 9.76. The van der Waals surface area contributed by atoms with E-state index in [1.165, 1.54) is 0 Å². The Kier molecular flexibility index (Phi) is 7.33. The average molecular weight is 434 g/mol. The number of rotatable bonds is 8. The van der Waals surface area contributed by atoms with Crippen LogP contribution >= 0.6 is 0 Å². The van der Waals surface area contributed by atoms with Crippen LogP contribution in [0.2, 0.25) is 0 Å². The number of amides is 1. The van der Waals surface area contributed by atoms with E-state index in [0.29, 0.717) is 6.54 Å². The lowest BCUT2D eigenvalue weighted by atomic mass is 10.0. The first-order valence-electron chi connectivity index (χ1n) is 10.3. The van der Waals surface area contributed by atoms with Gasteiger partial charge in [0.05, 0.1) is 17.7 Å². The third-order valence-corrected chi connectivity index (χ3v) is 7.23. The van der Waals surface area contributed by atoms with E-state index in [0.717, 1.165) is 42.8 Å². The summed E-state index contributed by atoms with van der Waals surface area (Å²) in [5.74, 6) is 0.668. The molecule has 0 radical (unpaired) electrons. The summed E-state index contributed by atoms with van der Waals surface area (Å²) in [6.45, 7) is 6.16. The Morgan fingerprint density at radius 3 is 2.57 bits per heavy atom. The standard InChI is InChI=1S/C22H31N3O4S/c1-17-6-7-21(15-18(17)2)30(27,28)23-11-8-22(26)25(16-20-5-4-14-29-20)19-9-12-24(3)13-10-19/h4-7,14-15,19,23H,8-13,16H2,1-3H3. The molecule has 1 aromatic carbocycles. The molecule has 1 N–H and O–H groups in total. The van der Waals surface area contributed by atoms with Crippen molar-refractivity contribution in [1.29, 1.82) is 0 Å². The van der Waals surface area contributed by atoms with Crippen LogP contribution in [0.4, 0.5) is 0 Å². The molecule has 0 unspecified atom stereocenters. The van der Waals surface area contributed by atoms with Crippen LogP contribution in [0.15, 0.2) is 45.9 Å². The van der Waals surface area contributed by atoms with Gasteiger partial charge in [0.25, 0.3) is 0 Å². The molecule has 1 fully saturated rings. The van der Waals surface area contributed by atoms with Gasteiger partial charge in [-0.15, -0.1) is 0 Å². The number of aryl methyl sites for hydroxylation is 2. The van der Waals surface area contributed by atoms with E-state index in [4.69, 9.17) is 4.42 Å². The van der Waals surface area contributed by atoms with Crippen molar-refractivity contribution >= 4 is 15.9 Å². The molecule has 2 aromatic rings. The summed E-state index contributed by atoms with van der Waals surface area (Å²) in [5.41, 5.74) is 1.96. The molecule has 7 nitrogen and oxygen atoms in total. The third-order valence-electron chi connectivity index (χ3n) is 5.78. The summed E-state index contributed by atoms with van der Waals surface area (Å²) in [6, 6.07) is 8.84. The summed E-state index contributed by atoms with van der Waals surface area (Å²) in [6.07, 6.45) is 3.51. The summed E-state index contributed by atoms with van der Waals surface area (Å²) >= 11 is 0. The molecule has 0 atom stereocenters. The number of carbonyl (C=O) groups is 1. The maximum atomic E-state index is 13.0. The predicted molar refractivity (Wildman–Crippen MR) is 115 cm³/mol. The number of nitrogens with one attached hydrogen (secondary N) is 1. The van der Waals surface area contributed by atoms with Crippen LogP contribution in [0.25, 0.3) is 0 Å². The van der Waals surface area contributed by atoms with Gasteiger partial charge in [0, 0.05) is 19.0 Å². The molecule has 8 heteroatoms. The first-order chi connectivity index (χ1) is 14.3. The zero-order chi connectivity index (χ0) is 21.7. The number of piperidine rings is 1. The van der Waals surface area contributed by atoms with Crippen LogP contribution in [-0.4, -0.2) is 56.8 Å². The Balaban J connectivity index is 1.62. The number of carbonyl (C=O) groups excluding carboxylic acids is 1. The van der Waals surface area contributed by atoms with Gasteiger partial charge in [-0.1, -0.05) is 6.07 Å². The quantitative estimate of drug-likeness (QED) is 0.692. The lowest BCUT2D eigenvalue weighted by molar-refractivity contribution is -0.135. The highest BCUT2D eigenvalue weighted by atomic mass is 32.2. The van der Waals surface area contributed by atoms with Crippen molar-refractivity contribution in [3.63, 3.8) is 0 Å². The summed E-state index contributed by atoms with van der Waals surface area (Å²) in [7, 11) is -1.57. The second-order valence-electron chi connectivity index (χ2n) is 8.03. The molecule has 164 valence electrons. The Labute approximate surface area is 179 Å². The molecular weight excluding hydrogens is 402 g/mol. The number of nitrogens with zero attached hydrogens (tertiary/aromatic N) is 2. The smallest absolute Gasteiger partial charge is 0.240 e. The van der Waals surface area contributed by atoms with Crippen LogP contribution in [0, 0.1) is 13.8 Å². The number of likely N-dealkylation sites (tertiary alicyclic amines) is 1. The van der Waals surface area contributed by atoms with Gasteiger partial charge in [-0.25, -0.2) is 13.1 Å². The summed E-state index contributed by atoms with van der Waals surface area (Å²) < 4.78 is 33.2. The fourth-order valence-corrected chi connectivity index (χ4v) is 4.81. The summed E-state index contributed by atoms with van der Waals surface area (Å²) in [5, 5.41) is 0. The first kappa shape index (κ1) is 22.5. The molecule has 3 rings (SSSR count). The maximum absolute atomic E-state index is 13.0. The predicted octanol–water partition coefficient (Wildman–Crippen LogP) is 2.69. The van der Waals surface area contributed by atoms with Crippen LogP contribution in [0.5, 0.6) is 0 Å². The molecular formula is C22H31N3O4S. The lowest BCUT2D eigenvalue weighted by Gasteiger charge is -2.37. The Hall–Kier alpha value is -2.16. The Morgan fingerprint density at radius 2 is 1.93 bits per heavy atom. The number of sulfonamides is 1. The van der Waals surface area contributed by atoms with Gasteiger partial charge in [-0.3, -0.25) is 4.79 Å². The third kappa shape index (κ3) is 5.71. The zero-order valence-electron chi connectivity index (χ0n) is 17.9. The van der Waals surface area contributed by atoms with Crippen molar-refractivity contribution < 1.29 is 17.6 Å². The highest BCUT2D eigenvalue weighted by Gasteiger charge is 2.28. The van der Waals surface area contributed by atoms with E-state index in [1.54, 1.807) is 24.5 Å². The second-order valence-corrected chi connectivity index (χ2v) is 9.80. The Bertz CT molecular complexity index is 949. The maximum Gasteiger partial charge on any atom is 0.240 e. The molecule has 1 amide bonds. The van der Waals surface area contributed by atoms with E-state index in [-0.39, 0.29) is 29.8 Å². The van der Waals surface area contributed by atoms with E-state index in [9.17, 15) is 13.2 Å². The molecule has 0 aliphatic carbocycles. The largest absolute Gasteiger partial charge is 0.467 e. The van der Waals surface area contributed by atoms with Gasteiger partial charge in [0.15, 0.2) is 0 Å². The van der Waals surface area contributed by atoms with Gasteiger partial charge < -0.3 is 14.2 Å². The van der Waals surface area contributed by atoms with Gasteiger partial charge in [-0.2, -0.15) is 0 Å². The van der Waals surface area contributed by atoms with E-state index < -0.39 is 10.0 Å². The van der Waals surface area contributed by atoms with Crippen molar-refractivity contribution in [3.05, 3.63) is 53.5 Å². The lowest BCUT2D eigenvalue weighted by Crippen LogP contribution is -2.46.